The topological polar surface area (TPSA) is 69.5 Å². The Hall–Kier alpha value is -2.35. The number of rotatable bonds is 2. The van der Waals surface area contributed by atoms with Crippen LogP contribution in [0.4, 0.5) is 26.3 Å². The van der Waals surface area contributed by atoms with Crippen LogP contribution in [0, 0.1) is 11.3 Å². The molecule has 0 fully saturated rings. The summed E-state index contributed by atoms with van der Waals surface area (Å²) in [7, 11) is -3.71. The van der Waals surface area contributed by atoms with Crippen LogP contribution in [0.15, 0.2) is 29.2 Å². The van der Waals surface area contributed by atoms with Gasteiger partial charge in [0.15, 0.2) is 16.5 Å². The van der Waals surface area contributed by atoms with E-state index in [1.165, 1.54) is 6.07 Å². The lowest BCUT2D eigenvalue weighted by atomic mass is 10.0. The van der Waals surface area contributed by atoms with Crippen LogP contribution in [-0.4, -0.2) is 19.9 Å². The Bertz CT molecular complexity index is 802. The fourth-order valence-corrected chi connectivity index (χ4v) is 2.67. The zero-order valence-corrected chi connectivity index (χ0v) is 11.6. The van der Waals surface area contributed by atoms with E-state index >= 15 is 0 Å². The van der Waals surface area contributed by atoms with E-state index < -0.39 is 49.9 Å². The van der Waals surface area contributed by atoms with Crippen LogP contribution in [0.1, 0.15) is 11.3 Å². The van der Waals surface area contributed by atoms with Gasteiger partial charge in [0.1, 0.15) is 11.0 Å². The molecule has 1 aromatic carbocycles. The van der Waals surface area contributed by atoms with E-state index in [0.717, 1.165) is 18.2 Å². The van der Waals surface area contributed by atoms with Crippen molar-refractivity contribution in [2.75, 3.05) is 0 Å². The minimum Gasteiger partial charge on any atom is -0.275 e. The molecule has 0 spiro atoms. The van der Waals surface area contributed by atoms with Gasteiger partial charge in [-0.05, 0) is 6.07 Å². The van der Waals surface area contributed by atoms with E-state index in [9.17, 15) is 30.6 Å². The molecule has 1 aromatic heterocycles. The van der Waals surface area contributed by atoms with E-state index in [1.807, 2.05) is 5.10 Å². The summed E-state index contributed by atoms with van der Waals surface area (Å²) in [5.74, 6) is 0. The fourth-order valence-electron chi connectivity index (χ4n) is 1.83. The second-order valence-electron chi connectivity index (χ2n) is 4.15. The number of aromatic amines is 1. The number of nitrogens with one attached hydrogen (secondary N) is 1. The van der Waals surface area contributed by atoms with Gasteiger partial charge in [0, 0.05) is 5.56 Å². The number of hydrogen-bond donors (Lipinski definition) is 1. The molecule has 1 unspecified atom stereocenters. The predicted octanol–water partition coefficient (Wildman–Crippen LogP) is 3.59. The van der Waals surface area contributed by atoms with Crippen molar-refractivity contribution in [3.05, 3.63) is 35.5 Å². The third-order valence-electron chi connectivity index (χ3n) is 2.72. The molecular formula is C12H5F6N3OS. The normalized spacial score (nSPS) is 13.6. The van der Waals surface area contributed by atoms with Crippen molar-refractivity contribution in [2.24, 2.45) is 0 Å². The lowest BCUT2D eigenvalue weighted by molar-refractivity contribution is -0.137. The lowest BCUT2D eigenvalue weighted by Gasteiger charge is -2.13. The van der Waals surface area contributed by atoms with Gasteiger partial charge in [0.2, 0.25) is 0 Å². The van der Waals surface area contributed by atoms with Gasteiger partial charge in [-0.1, -0.05) is 18.2 Å². The highest BCUT2D eigenvalue weighted by molar-refractivity contribution is 7.86. The van der Waals surface area contributed by atoms with E-state index in [-0.39, 0.29) is 0 Å². The summed E-state index contributed by atoms with van der Waals surface area (Å²) in [6, 6.07) is 5.05. The SMILES string of the molecule is N#Cc1n[nH]c(-c2ccccc2C(F)(F)F)c1S(=O)C(F)(F)F. The van der Waals surface area contributed by atoms with Crippen LogP contribution in [0.25, 0.3) is 11.3 Å². The van der Waals surface area contributed by atoms with Crippen LogP contribution in [0.2, 0.25) is 0 Å². The molecule has 1 N–H and O–H groups in total. The van der Waals surface area contributed by atoms with E-state index in [1.54, 1.807) is 0 Å². The highest BCUT2D eigenvalue weighted by atomic mass is 32.2. The first-order valence-corrected chi connectivity index (χ1v) is 6.86. The zero-order chi connectivity index (χ0) is 17.4. The van der Waals surface area contributed by atoms with Gasteiger partial charge in [-0.2, -0.15) is 36.7 Å². The summed E-state index contributed by atoms with van der Waals surface area (Å²) in [6.07, 6.45) is -4.86. The van der Waals surface area contributed by atoms with E-state index in [4.69, 9.17) is 5.26 Å². The molecular weight excluding hydrogens is 348 g/mol. The van der Waals surface area contributed by atoms with Gasteiger partial charge in [-0.3, -0.25) is 5.10 Å². The number of halogens is 6. The number of benzene rings is 1. The molecule has 0 aliphatic heterocycles. The second-order valence-corrected chi connectivity index (χ2v) is 5.55. The maximum Gasteiger partial charge on any atom is 0.476 e. The van der Waals surface area contributed by atoms with Gasteiger partial charge in [0.25, 0.3) is 0 Å². The molecule has 23 heavy (non-hydrogen) atoms. The maximum atomic E-state index is 13.0. The van der Waals surface area contributed by atoms with Crippen LogP contribution in [-0.2, 0) is 17.0 Å². The molecule has 1 heterocycles. The summed E-state index contributed by atoms with van der Waals surface area (Å²) in [5, 5.41) is 13.9. The third kappa shape index (κ3) is 3.21. The summed E-state index contributed by atoms with van der Waals surface area (Å²) >= 11 is 0. The Morgan fingerprint density at radius 3 is 2.26 bits per heavy atom. The van der Waals surface area contributed by atoms with Crippen LogP contribution in [0.5, 0.6) is 0 Å². The van der Waals surface area contributed by atoms with Crippen LogP contribution < -0.4 is 0 Å². The van der Waals surface area contributed by atoms with Crippen molar-refractivity contribution in [2.45, 2.75) is 16.6 Å². The fraction of sp³-hybridized carbons (Fsp3) is 0.167. The number of hydrogen-bond acceptors (Lipinski definition) is 3. The monoisotopic (exact) mass is 353 g/mol. The molecule has 0 amide bonds. The van der Waals surface area contributed by atoms with Crippen molar-refractivity contribution in [3.8, 4) is 17.3 Å². The van der Waals surface area contributed by atoms with Gasteiger partial charge in [0.05, 0.1) is 11.3 Å². The van der Waals surface area contributed by atoms with Gasteiger partial charge >= 0.3 is 11.7 Å². The summed E-state index contributed by atoms with van der Waals surface area (Å²) < 4.78 is 88.6. The quantitative estimate of drug-likeness (QED) is 0.839. The molecule has 0 saturated heterocycles. The number of nitriles is 1. The number of H-pyrrole nitrogens is 1. The molecule has 0 saturated carbocycles. The Labute approximate surface area is 127 Å². The molecule has 2 rings (SSSR count). The Kier molecular flexibility index (Phi) is 4.21. The molecule has 122 valence electrons. The van der Waals surface area contributed by atoms with Crippen molar-refractivity contribution >= 4 is 10.8 Å². The Balaban J connectivity index is 2.76. The number of aromatic nitrogens is 2. The first-order valence-electron chi connectivity index (χ1n) is 5.71. The van der Waals surface area contributed by atoms with Crippen molar-refractivity contribution < 1.29 is 30.6 Å². The highest BCUT2D eigenvalue weighted by Crippen LogP contribution is 2.40. The first kappa shape index (κ1) is 17.0. The molecule has 0 radical (unpaired) electrons. The Morgan fingerprint density at radius 1 is 1.13 bits per heavy atom. The second kappa shape index (κ2) is 5.69. The van der Waals surface area contributed by atoms with Crippen molar-refractivity contribution in [1.29, 1.82) is 5.26 Å². The average molecular weight is 353 g/mol. The molecule has 11 heteroatoms. The highest BCUT2D eigenvalue weighted by Gasteiger charge is 2.43. The predicted molar refractivity (Wildman–Crippen MR) is 66.2 cm³/mol. The molecule has 1 atom stereocenters. The maximum absolute atomic E-state index is 13.0. The van der Waals surface area contributed by atoms with Crippen LogP contribution in [0.3, 0.4) is 0 Å². The summed E-state index contributed by atoms with van der Waals surface area (Å²) in [6.45, 7) is 0. The molecule has 0 aliphatic carbocycles. The molecule has 2 aromatic rings. The van der Waals surface area contributed by atoms with E-state index in [0.29, 0.717) is 6.07 Å². The minimum atomic E-state index is -5.25. The molecule has 0 aliphatic rings. The van der Waals surface area contributed by atoms with Gasteiger partial charge in [-0.15, -0.1) is 0 Å². The minimum absolute atomic E-state index is 0.655. The molecule has 0 bridgehead atoms. The number of alkyl halides is 6. The Morgan fingerprint density at radius 2 is 1.74 bits per heavy atom. The van der Waals surface area contributed by atoms with Gasteiger partial charge < -0.3 is 0 Å². The van der Waals surface area contributed by atoms with E-state index in [2.05, 4.69) is 5.10 Å². The average Bonchev–Trinajstić information content (AvgIpc) is 2.88. The van der Waals surface area contributed by atoms with Crippen molar-refractivity contribution in [1.82, 2.24) is 10.2 Å². The number of nitrogens with zero attached hydrogens (tertiary/aromatic N) is 2. The standard InChI is InChI=1S/C12H5F6N3OS/c13-11(14,15)7-4-2-1-3-6(7)9-10(8(5-19)20-21-9)23(22)12(16,17)18/h1-4H,(H,20,21). The van der Waals surface area contributed by atoms with Crippen molar-refractivity contribution in [3.63, 3.8) is 0 Å². The summed E-state index contributed by atoms with van der Waals surface area (Å²) in [5.41, 5.74) is -8.81. The van der Waals surface area contributed by atoms with Crippen LogP contribution >= 0.6 is 0 Å². The summed E-state index contributed by atoms with van der Waals surface area (Å²) in [4.78, 5) is -1.13. The first-order chi connectivity index (χ1) is 10.6. The third-order valence-corrected chi connectivity index (χ3v) is 3.91. The smallest absolute Gasteiger partial charge is 0.275 e. The lowest BCUT2D eigenvalue weighted by Crippen LogP contribution is -2.17. The largest absolute Gasteiger partial charge is 0.476 e. The van der Waals surface area contributed by atoms with Gasteiger partial charge in [-0.25, -0.2) is 4.21 Å². The zero-order valence-electron chi connectivity index (χ0n) is 10.8. The molecule has 4 nitrogen and oxygen atoms in total.